The van der Waals surface area contributed by atoms with Crippen molar-refractivity contribution < 1.29 is 9.53 Å². The Hall–Kier alpha value is -5.23. The number of nitriles is 1. The molecule has 35 heavy (non-hydrogen) atoms. The minimum atomic E-state index is -0.267. The predicted molar refractivity (Wildman–Crippen MR) is 135 cm³/mol. The third-order valence-corrected chi connectivity index (χ3v) is 4.85. The largest absolute Gasteiger partial charge is 0.497 e. The highest BCUT2D eigenvalue weighted by Crippen LogP contribution is 2.21. The maximum atomic E-state index is 12.6. The number of carbonyl (C=O) groups excluding carboxylic acids is 1. The van der Waals surface area contributed by atoms with Crippen LogP contribution in [0.25, 0.3) is 11.6 Å². The molecule has 0 spiro atoms. The Labute approximate surface area is 202 Å². The lowest BCUT2D eigenvalue weighted by Crippen LogP contribution is -2.11. The first-order chi connectivity index (χ1) is 17.0. The van der Waals surface area contributed by atoms with Crippen molar-refractivity contribution in [3.63, 3.8) is 0 Å². The number of hydrogen-bond donors (Lipinski definition) is 3. The van der Waals surface area contributed by atoms with Gasteiger partial charge in [-0.15, -0.1) is 0 Å². The fourth-order valence-corrected chi connectivity index (χ4v) is 3.18. The van der Waals surface area contributed by atoms with Gasteiger partial charge in [0, 0.05) is 16.9 Å². The molecule has 0 bridgehead atoms. The van der Waals surface area contributed by atoms with Crippen LogP contribution < -0.4 is 21.1 Å². The third-order valence-electron chi connectivity index (χ3n) is 4.85. The van der Waals surface area contributed by atoms with Crippen LogP contribution in [0.2, 0.25) is 0 Å². The van der Waals surface area contributed by atoms with Gasteiger partial charge in [0.05, 0.1) is 12.7 Å². The summed E-state index contributed by atoms with van der Waals surface area (Å²) < 4.78 is 5.12. The Morgan fingerprint density at radius 1 is 0.971 bits per heavy atom. The predicted octanol–water partition coefficient (Wildman–Crippen LogP) is 4.52. The Morgan fingerprint density at radius 3 is 2.43 bits per heavy atom. The summed E-state index contributed by atoms with van der Waals surface area (Å²) in [5.41, 5.74) is 8.55. The highest BCUT2D eigenvalue weighted by Gasteiger charge is 2.11. The number of carbonyl (C=O) groups is 1. The molecule has 1 amide bonds. The van der Waals surface area contributed by atoms with Gasteiger partial charge in [-0.1, -0.05) is 30.3 Å². The fraction of sp³-hybridized carbons (Fsp3) is 0.0385. The molecule has 0 atom stereocenters. The van der Waals surface area contributed by atoms with E-state index in [1.54, 1.807) is 61.7 Å². The molecule has 0 aliphatic carbocycles. The fourth-order valence-electron chi connectivity index (χ4n) is 3.18. The van der Waals surface area contributed by atoms with E-state index in [0.29, 0.717) is 22.6 Å². The Bertz CT molecular complexity index is 1410. The van der Waals surface area contributed by atoms with Crippen LogP contribution in [0.3, 0.4) is 0 Å². The van der Waals surface area contributed by atoms with E-state index in [9.17, 15) is 10.1 Å². The smallest absolute Gasteiger partial charge is 0.255 e. The van der Waals surface area contributed by atoms with E-state index >= 15 is 0 Å². The summed E-state index contributed by atoms with van der Waals surface area (Å²) in [5, 5.41) is 15.7. The number of hydrogen-bond acceptors (Lipinski definition) is 8. The van der Waals surface area contributed by atoms with Gasteiger partial charge in [-0.3, -0.25) is 4.79 Å². The molecule has 172 valence electrons. The Morgan fingerprint density at radius 2 is 1.71 bits per heavy atom. The molecule has 0 fully saturated rings. The summed E-state index contributed by atoms with van der Waals surface area (Å²) >= 11 is 0. The van der Waals surface area contributed by atoms with Crippen molar-refractivity contribution in [2.24, 2.45) is 0 Å². The first-order valence-corrected chi connectivity index (χ1v) is 10.6. The molecule has 1 aromatic heterocycles. The quantitative estimate of drug-likeness (QED) is 0.340. The maximum Gasteiger partial charge on any atom is 0.255 e. The van der Waals surface area contributed by atoms with Crippen molar-refractivity contribution in [3.8, 4) is 11.8 Å². The number of allylic oxidation sites excluding steroid dienone is 1. The Kier molecular flexibility index (Phi) is 6.94. The molecule has 3 aromatic carbocycles. The minimum Gasteiger partial charge on any atom is -0.497 e. The number of anilines is 4. The van der Waals surface area contributed by atoms with Crippen LogP contribution in [-0.2, 0) is 0 Å². The highest BCUT2D eigenvalue weighted by molar-refractivity contribution is 6.04. The zero-order valence-corrected chi connectivity index (χ0v) is 18.8. The normalized spacial score (nSPS) is 10.8. The lowest BCUT2D eigenvalue weighted by atomic mass is 10.1. The monoisotopic (exact) mass is 463 g/mol. The average Bonchev–Trinajstić information content (AvgIpc) is 2.88. The second-order valence-corrected chi connectivity index (χ2v) is 7.31. The lowest BCUT2D eigenvalue weighted by molar-refractivity contribution is 0.102. The van der Waals surface area contributed by atoms with Gasteiger partial charge >= 0.3 is 0 Å². The average molecular weight is 464 g/mol. The molecule has 0 aliphatic rings. The summed E-state index contributed by atoms with van der Waals surface area (Å²) in [6, 6.07) is 25.3. The molecule has 4 rings (SSSR count). The molecule has 0 radical (unpaired) electrons. The summed E-state index contributed by atoms with van der Waals surface area (Å²) in [7, 11) is 1.57. The molecule has 0 unspecified atom stereocenters. The standard InChI is InChI=1S/C26H21N7O2/c1-35-22-12-10-18(11-13-22)24(34)29-21-9-5-6-17(15-21)14-19(16-27)23-31-25(28)33-26(32-23)30-20-7-3-2-4-8-20/h2-15H,1H3,(H,29,34)(H3,28,30,31,32,33)/b19-14+. The van der Waals surface area contributed by atoms with Gasteiger partial charge in [0.1, 0.15) is 11.8 Å². The van der Waals surface area contributed by atoms with E-state index in [1.807, 2.05) is 30.3 Å². The Balaban J connectivity index is 1.56. The van der Waals surface area contributed by atoms with E-state index < -0.39 is 0 Å². The number of nitrogens with two attached hydrogens (primary N) is 1. The molecule has 4 N–H and O–H groups in total. The summed E-state index contributed by atoms with van der Waals surface area (Å²) in [6.45, 7) is 0. The second-order valence-electron chi connectivity index (χ2n) is 7.31. The van der Waals surface area contributed by atoms with Crippen LogP contribution in [0, 0.1) is 11.3 Å². The van der Waals surface area contributed by atoms with Crippen LogP contribution in [-0.4, -0.2) is 28.0 Å². The molecule has 9 heteroatoms. The molecule has 1 heterocycles. The number of para-hydroxylation sites is 1. The van der Waals surface area contributed by atoms with E-state index in [-0.39, 0.29) is 29.2 Å². The number of nitrogen functional groups attached to an aromatic ring is 1. The van der Waals surface area contributed by atoms with Gasteiger partial charge in [0.2, 0.25) is 11.9 Å². The van der Waals surface area contributed by atoms with Crippen molar-refractivity contribution in [3.05, 3.63) is 95.8 Å². The van der Waals surface area contributed by atoms with Crippen LogP contribution in [0.5, 0.6) is 5.75 Å². The van der Waals surface area contributed by atoms with Crippen molar-refractivity contribution in [2.45, 2.75) is 0 Å². The molecule has 0 saturated carbocycles. The summed E-state index contributed by atoms with van der Waals surface area (Å²) in [6.07, 6.45) is 1.62. The van der Waals surface area contributed by atoms with Crippen molar-refractivity contribution in [1.29, 1.82) is 5.26 Å². The van der Waals surface area contributed by atoms with E-state index in [2.05, 4.69) is 31.7 Å². The molecular weight excluding hydrogens is 442 g/mol. The zero-order chi connectivity index (χ0) is 24.6. The zero-order valence-electron chi connectivity index (χ0n) is 18.8. The topological polar surface area (TPSA) is 139 Å². The third kappa shape index (κ3) is 5.97. The van der Waals surface area contributed by atoms with Crippen molar-refractivity contribution >= 4 is 40.8 Å². The number of rotatable bonds is 7. The number of nitrogens with one attached hydrogen (secondary N) is 2. The van der Waals surface area contributed by atoms with E-state index in [4.69, 9.17) is 10.5 Å². The molecule has 4 aromatic rings. The maximum absolute atomic E-state index is 12.6. The molecule has 0 aliphatic heterocycles. The van der Waals surface area contributed by atoms with Crippen LogP contribution in [0.15, 0.2) is 78.9 Å². The van der Waals surface area contributed by atoms with Gasteiger partial charge in [-0.2, -0.15) is 20.2 Å². The lowest BCUT2D eigenvalue weighted by Gasteiger charge is -2.08. The second kappa shape index (κ2) is 10.6. The van der Waals surface area contributed by atoms with Gasteiger partial charge in [-0.25, -0.2) is 0 Å². The molecule has 0 saturated heterocycles. The van der Waals surface area contributed by atoms with Gasteiger partial charge in [0.25, 0.3) is 5.91 Å². The summed E-state index contributed by atoms with van der Waals surface area (Å²) in [5.74, 6) is 0.733. The van der Waals surface area contributed by atoms with Crippen LogP contribution >= 0.6 is 0 Å². The van der Waals surface area contributed by atoms with Crippen LogP contribution in [0.1, 0.15) is 21.7 Å². The van der Waals surface area contributed by atoms with E-state index in [0.717, 1.165) is 5.69 Å². The molecular formula is C26H21N7O2. The number of nitrogens with zero attached hydrogens (tertiary/aromatic N) is 4. The van der Waals surface area contributed by atoms with Gasteiger partial charge in [-0.05, 0) is 60.2 Å². The van der Waals surface area contributed by atoms with Crippen LogP contribution in [0.4, 0.5) is 23.3 Å². The SMILES string of the molecule is COc1ccc(C(=O)Nc2cccc(/C=C(\C#N)c3nc(N)nc(Nc4ccccc4)n3)c2)cc1. The number of ether oxygens (including phenoxy) is 1. The molecule has 9 nitrogen and oxygen atoms in total. The van der Waals surface area contributed by atoms with Crippen molar-refractivity contribution in [1.82, 2.24) is 15.0 Å². The minimum absolute atomic E-state index is 0.0184. The highest BCUT2D eigenvalue weighted by atomic mass is 16.5. The van der Waals surface area contributed by atoms with Gasteiger partial charge in [0.15, 0.2) is 5.82 Å². The van der Waals surface area contributed by atoms with Crippen molar-refractivity contribution in [2.75, 3.05) is 23.5 Å². The van der Waals surface area contributed by atoms with E-state index in [1.165, 1.54) is 0 Å². The number of aromatic nitrogens is 3. The number of benzene rings is 3. The van der Waals surface area contributed by atoms with Gasteiger partial charge < -0.3 is 21.1 Å². The number of amides is 1. The first kappa shape index (κ1) is 22.9. The summed E-state index contributed by atoms with van der Waals surface area (Å²) in [4.78, 5) is 25.1. The number of methoxy groups -OCH3 is 1. The first-order valence-electron chi connectivity index (χ1n) is 10.6.